The van der Waals surface area contributed by atoms with E-state index in [9.17, 15) is 9.59 Å². The number of rotatable bonds is 3. The molecular weight excluding hydrogens is 290 g/mol. The lowest BCUT2D eigenvalue weighted by atomic mass is 9.53. The van der Waals surface area contributed by atoms with Crippen LogP contribution in [0, 0.1) is 17.8 Å². The van der Waals surface area contributed by atoms with Gasteiger partial charge in [-0.25, -0.2) is 4.98 Å². The van der Waals surface area contributed by atoms with Gasteiger partial charge in [0, 0.05) is 24.2 Å². The Hall–Kier alpha value is -1.91. The predicted molar refractivity (Wildman–Crippen MR) is 86.9 cm³/mol. The van der Waals surface area contributed by atoms with Crippen molar-refractivity contribution in [2.24, 2.45) is 17.8 Å². The molecule has 4 aliphatic carbocycles. The fraction of sp³-hybridized carbons (Fsp3) is 0.611. The largest absolute Gasteiger partial charge is 0.347 e. The zero-order valence-corrected chi connectivity index (χ0v) is 13.5. The van der Waals surface area contributed by atoms with Crippen molar-refractivity contribution < 1.29 is 9.59 Å². The number of nitrogens with zero attached hydrogens (tertiary/aromatic N) is 1. The number of hydrogen-bond acceptors (Lipinski definition) is 3. The van der Waals surface area contributed by atoms with E-state index in [1.165, 1.54) is 26.2 Å². The normalized spacial score (nSPS) is 34.2. The third-order valence-corrected chi connectivity index (χ3v) is 5.74. The van der Waals surface area contributed by atoms with Crippen LogP contribution in [0.25, 0.3) is 0 Å². The van der Waals surface area contributed by atoms with Crippen LogP contribution in [0.1, 0.15) is 55.8 Å². The number of amides is 2. The number of carbonyl (C=O) groups excluding carboxylic acids is 2. The van der Waals surface area contributed by atoms with Crippen LogP contribution in [-0.2, 0) is 4.79 Å². The van der Waals surface area contributed by atoms with Gasteiger partial charge in [-0.2, -0.15) is 0 Å². The predicted octanol–water partition coefficient (Wildman–Crippen LogP) is 2.74. The minimum absolute atomic E-state index is 0.00325. The third-order valence-electron chi connectivity index (χ3n) is 5.74. The van der Waals surface area contributed by atoms with Crippen LogP contribution in [0.2, 0.25) is 0 Å². The molecule has 0 unspecified atom stereocenters. The van der Waals surface area contributed by atoms with Gasteiger partial charge in [-0.15, -0.1) is 0 Å². The van der Waals surface area contributed by atoms with Gasteiger partial charge in [-0.05, 0) is 68.4 Å². The van der Waals surface area contributed by atoms with Crippen molar-refractivity contribution in [3.63, 3.8) is 0 Å². The van der Waals surface area contributed by atoms with E-state index in [-0.39, 0.29) is 17.4 Å². The lowest BCUT2D eigenvalue weighted by Gasteiger charge is -2.56. The van der Waals surface area contributed by atoms with Crippen LogP contribution < -0.4 is 10.6 Å². The van der Waals surface area contributed by atoms with E-state index in [2.05, 4.69) is 15.6 Å². The van der Waals surface area contributed by atoms with Crippen LogP contribution in [0.4, 0.5) is 5.82 Å². The number of hydrogen-bond donors (Lipinski definition) is 2. The van der Waals surface area contributed by atoms with Crippen molar-refractivity contribution >= 4 is 17.6 Å². The van der Waals surface area contributed by atoms with Gasteiger partial charge in [0.15, 0.2) is 0 Å². The molecule has 0 radical (unpaired) electrons. The molecule has 23 heavy (non-hydrogen) atoms. The quantitative estimate of drug-likeness (QED) is 0.901. The SMILES string of the molecule is CC(=O)Nc1cc(C(=O)NC23CC4CC(CC(C4)C2)C3)ccn1. The Balaban J connectivity index is 1.51. The van der Waals surface area contributed by atoms with E-state index in [0.29, 0.717) is 11.4 Å². The van der Waals surface area contributed by atoms with Gasteiger partial charge >= 0.3 is 0 Å². The lowest BCUT2D eigenvalue weighted by molar-refractivity contribution is -0.114. The van der Waals surface area contributed by atoms with Crippen LogP contribution in [0.5, 0.6) is 0 Å². The van der Waals surface area contributed by atoms with Crippen LogP contribution >= 0.6 is 0 Å². The maximum Gasteiger partial charge on any atom is 0.251 e. The topological polar surface area (TPSA) is 71.1 Å². The van der Waals surface area contributed by atoms with Crippen LogP contribution in [0.15, 0.2) is 18.3 Å². The fourth-order valence-corrected chi connectivity index (χ4v) is 5.40. The highest BCUT2D eigenvalue weighted by atomic mass is 16.2. The standard InChI is InChI=1S/C18H23N3O2/c1-11(22)20-16-7-15(2-3-19-16)17(23)21-18-8-12-4-13(9-18)6-14(5-12)10-18/h2-3,7,12-14H,4-6,8-10H2,1H3,(H,21,23)(H,19,20,22). The summed E-state index contributed by atoms with van der Waals surface area (Å²) in [5, 5.41) is 5.97. The summed E-state index contributed by atoms with van der Waals surface area (Å²) in [5.74, 6) is 2.60. The van der Waals surface area contributed by atoms with E-state index in [0.717, 1.165) is 37.0 Å². The molecule has 1 aromatic heterocycles. The molecule has 0 aliphatic heterocycles. The van der Waals surface area contributed by atoms with Crippen molar-refractivity contribution in [1.29, 1.82) is 0 Å². The molecule has 2 N–H and O–H groups in total. The molecule has 1 aromatic rings. The van der Waals surface area contributed by atoms with E-state index >= 15 is 0 Å². The van der Waals surface area contributed by atoms with Crippen molar-refractivity contribution in [2.45, 2.75) is 51.0 Å². The molecule has 2 amide bonds. The molecular formula is C18H23N3O2. The molecule has 5 heteroatoms. The molecule has 1 heterocycles. The molecule has 0 aromatic carbocycles. The lowest BCUT2D eigenvalue weighted by Crippen LogP contribution is -2.59. The Morgan fingerprint density at radius 2 is 1.74 bits per heavy atom. The molecule has 5 nitrogen and oxygen atoms in total. The number of anilines is 1. The monoisotopic (exact) mass is 313 g/mol. The molecule has 0 atom stereocenters. The van der Waals surface area contributed by atoms with E-state index < -0.39 is 0 Å². The first kappa shape index (κ1) is 14.7. The van der Waals surface area contributed by atoms with Gasteiger partial charge in [-0.3, -0.25) is 9.59 Å². The first-order chi connectivity index (χ1) is 11.0. The molecule has 4 saturated carbocycles. The average Bonchev–Trinajstić information content (AvgIpc) is 2.44. The molecule has 122 valence electrons. The van der Waals surface area contributed by atoms with Crippen molar-refractivity contribution in [2.75, 3.05) is 5.32 Å². The van der Waals surface area contributed by atoms with Crippen LogP contribution in [-0.4, -0.2) is 22.3 Å². The summed E-state index contributed by atoms with van der Waals surface area (Å²) in [6, 6.07) is 3.36. The maximum atomic E-state index is 12.7. The first-order valence-corrected chi connectivity index (χ1v) is 8.57. The van der Waals surface area contributed by atoms with Crippen molar-refractivity contribution in [3.05, 3.63) is 23.9 Å². The number of nitrogens with one attached hydrogen (secondary N) is 2. The second-order valence-electron chi connectivity index (χ2n) is 7.76. The Kier molecular flexibility index (Phi) is 3.39. The Bertz CT molecular complexity index is 620. The highest BCUT2D eigenvalue weighted by Gasteiger charge is 2.51. The second-order valence-corrected chi connectivity index (χ2v) is 7.76. The molecule has 4 bridgehead atoms. The molecule has 0 saturated heterocycles. The highest BCUT2D eigenvalue weighted by molar-refractivity contribution is 5.96. The molecule has 0 spiro atoms. The summed E-state index contributed by atoms with van der Waals surface area (Å²) in [4.78, 5) is 27.9. The van der Waals surface area contributed by atoms with Gasteiger partial charge in [0.25, 0.3) is 5.91 Å². The van der Waals surface area contributed by atoms with E-state index in [1.807, 2.05) is 0 Å². The van der Waals surface area contributed by atoms with E-state index in [4.69, 9.17) is 0 Å². The average molecular weight is 313 g/mol. The van der Waals surface area contributed by atoms with Crippen LogP contribution in [0.3, 0.4) is 0 Å². The zero-order chi connectivity index (χ0) is 16.0. The summed E-state index contributed by atoms with van der Waals surface area (Å²) in [7, 11) is 0. The zero-order valence-electron chi connectivity index (χ0n) is 13.5. The van der Waals surface area contributed by atoms with Crippen molar-refractivity contribution in [3.8, 4) is 0 Å². The summed E-state index contributed by atoms with van der Waals surface area (Å²) in [6.07, 6.45) is 9.04. The van der Waals surface area contributed by atoms with E-state index in [1.54, 1.807) is 18.3 Å². The Morgan fingerprint density at radius 3 is 2.30 bits per heavy atom. The van der Waals surface area contributed by atoms with Gasteiger partial charge in [0.2, 0.25) is 5.91 Å². The minimum atomic E-state index is -0.184. The van der Waals surface area contributed by atoms with Gasteiger partial charge in [-0.1, -0.05) is 0 Å². The van der Waals surface area contributed by atoms with Crippen molar-refractivity contribution in [1.82, 2.24) is 10.3 Å². The highest BCUT2D eigenvalue weighted by Crippen LogP contribution is 2.55. The Labute approximate surface area is 136 Å². The number of carbonyl (C=O) groups is 2. The Morgan fingerprint density at radius 1 is 1.13 bits per heavy atom. The fourth-order valence-electron chi connectivity index (χ4n) is 5.40. The molecule has 4 aliphatic rings. The first-order valence-electron chi connectivity index (χ1n) is 8.57. The van der Waals surface area contributed by atoms with Gasteiger partial charge < -0.3 is 10.6 Å². The summed E-state index contributed by atoms with van der Waals surface area (Å²) in [5.41, 5.74) is 0.572. The summed E-state index contributed by atoms with van der Waals surface area (Å²) in [6.45, 7) is 1.43. The minimum Gasteiger partial charge on any atom is -0.347 e. The smallest absolute Gasteiger partial charge is 0.251 e. The second kappa shape index (κ2) is 5.32. The maximum absolute atomic E-state index is 12.7. The number of aromatic nitrogens is 1. The summed E-state index contributed by atoms with van der Waals surface area (Å²) < 4.78 is 0. The number of pyridine rings is 1. The molecule has 5 rings (SSSR count). The summed E-state index contributed by atoms with van der Waals surface area (Å²) >= 11 is 0. The van der Waals surface area contributed by atoms with Gasteiger partial charge in [0.1, 0.15) is 5.82 Å². The third kappa shape index (κ3) is 2.84. The van der Waals surface area contributed by atoms with Gasteiger partial charge in [0.05, 0.1) is 0 Å². The molecule has 4 fully saturated rings.